The molecule has 1 N–H and O–H groups in total. The molecule has 0 radical (unpaired) electrons. The Morgan fingerprint density at radius 2 is 1.58 bits per heavy atom. The summed E-state index contributed by atoms with van der Waals surface area (Å²) < 4.78 is 0. The summed E-state index contributed by atoms with van der Waals surface area (Å²) in [7, 11) is 0. The standard InChI is InChI=1S/C29H38N2O2/c1-22(20-28(32)26-14-12-25(13-15-26)24-8-4-2-5-9-24)29(33)30-21-23-16-18-31(19-17-23)27-10-6-3-7-11-27/h3,6-7,10-15,22-24H,2,4-5,8-9,16-21H2,1H3,(H,30,33). The van der Waals surface area contributed by atoms with Gasteiger partial charge in [-0.25, -0.2) is 0 Å². The summed E-state index contributed by atoms with van der Waals surface area (Å²) >= 11 is 0. The van der Waals surface area contributed by atoms with E-state index >= 15 is 0 Å². The zero-order chi connectivity index (χ0) is 23.0. The van der Waals surface area contributed by atoms with E-state index < -0.39 is 0 Å². The van der Waals surface area contributed by atoms with Crippen LogP contribution in [0.4, 0.5) is 5.69 Å². The van der Waals surface area contributed by atoms with Crippen LogP contribution in [0.1, 0.15) is 80.1 Å². The number of hydrogen-bond donors (Lipinski definition) is 1. The fourth-order valence-corrected chi connectivity index (χ4v) is 5.32. The SMILES string of the molecule is CC(CC(=O)c1ccc(C2CCCCC2)cc1)C(=O)NCC1CCN(c2ccccc2)CC1. The van der Waals surface area contributed by atoms with Crippen molar-refractivity contribution in [2.45, 2.75) is 64.2 Å². The number of hydrogen-bond acceptors (Lipinski definition) is 3. The van der Waals surface area contributed by atoms with E-state index in [9.17, 15) is 9.59 Å². The molecule has 33 heavy (non-hydrogen) atoms. The highest BCUT2D eigenvalue weighted by Crippen LogP contribution is 2.32. The molecule has 1 amide bonds. The predicted molar refractivity (Wildman–Crippen MR) is 135 cm³/mol. The Balaban J connectivity index is 1.19. The number of benzene rings is 2. The molecule has 0 bridgehead atoms. The van der Waals surface area contributed by atoms with E-state index in [0.717, 1.165) is 31.5 Å². The molecule has 4 nitrogen and oxygen atoms in total. The number of nitrogens with zero attached hydrogens (tertiary/aromatic N) is 1. The fourth-order valence-electron chi connectivity index (χ4n) is 5.32. The molecule has 1 aliphatic heterocycles. The molecular formula is C29H38N2O2. The zero-order valence-electron chi connectivity index (χ0n) is 20.0. The van der Waals surface area contributed by atoms with Gasteiger partial charge in [-0.2, -0.15) is 0 Å². The molecule has 1 unspecified atom stereocenters. The molecule has 4 rings (SSSR count). The number of para-hydroxylation sites is 1. The van der Waals surface area contributed by atoms with Crippen molar-refractivity contribution in [3.05, 3.63) is 65.7 Å². The van der Waals surface area contributed by atoms with Crippen molar-refractivity contribution in [2.24, 2.45) is 11.8 Å². The molecule has 1 atom stereocenters. The van der Waals surface area contributed by atoms with Gasteiger partial charge in [0.25, 0.3) is 0 Å². The fraction of sp³-hybridized carbons (Fsp3) is 0.517. The first-order valence-corrected chi connectivity index (χ1v) is 12.8. The summed E-state index contributed by atoms with van der Waals surface area (Å²) in [6.45, 7) is 4.61. The van der Waals surface area contributed by atoms with Crippen LogP contribution in [-0.2, 0) is 4.79 Å². The van der Waals surface area contributed by atoms with Gasteiger partial charge in [0.1, 0.15) is 0 Å². The molecule has 176 valence electrons. The van der Waals surface area contributed by atoms with Crippen LogP contribution in [0.25, 0.3) is 0 Å². The Kier molecular flexibility index (Phi) is 8.20. The number of carbonyl (C=O) groups is 2. The number of rotatable bonds is 8. The first-order valence-electron chi connectivity index (χ1n) is 12.8. The number of nitrogens with one attached hydrogen (secondary N) is 1. The van der Waals surface area contributed by atoms with Crippen LogP contribution < -0.4 is 10.2 Å². The maximum atomic E-state index is 12.7. The molecule has 1 saturated heterocycles. The van der Waals surface area contributed by atoms with E-state index in [1.54, 1.807) is 0 Å². The molecule has 2 fully saturated rings. The van der Waals surface area contributed by atoms with Crippen LogP contribution in [-0.4, -0.2) is 31.3 Å². The van der Waals surface area contributed by atoms with Crippen molar-refractivity contribution >= 4 is 17.4 Å². The van der Waals surface area contributed by atoms with Gasteiger partial charge in [-0.1, -0.05) is 68.7 Å². The Hall–Kier alpha value is -2.62. The van der Waals surface area contributed by atoms with E-state index in [4.69, 9.17) is 0 Å². The minimum Gasteiger partial charge on any atom is -0.372 e. The summed E-state index contributed by atoms with van der Waals surface area (Å²) in [5, 5.41) is 3.11. The summed E-state index contributed by atoms with van der Waals surface area (Å²) in [5.74, 6) is 0.896. The van der Waals surface area contributed by atoms with Crippen LogP contribution in [0.2, 0.25) is 0 Å². The Bertz CT molecular complexity index is 895. The van der Waals surface area contributed by atoms with Crippen molar-refractivity contribution in [1.29, 1.82) is 0 Å². The lowest BCUT2D eigenvalue weighted by Gasteiger charge is -2.33. The quantitative estimate of drug-likeness (QED) is 0.508. The average Bonchev–Trinajstić information content (AvgIpc) is 2.88. The number of amides is 1. The number of piperidine rings is 1. The topological polar surface area (TPSA) is 49.4 Å². The van der Waals surface area contributed by atoms with Crippen molar-refractivity contribution in [1.82, 2.24) is 5.32 Å². The maximum Gasteiger partial charge on any atom is 0.223 e. The second kappa shape index (κ2) is 11.5. The van der Waals surface area contributed by atoms with Crippen LogP contribution in [0, 0.1) is 11.8 Å². The van der Waals surface area contributed by atoms with E-state index in [1.165, 1.54) is 43.4 Å². The van der Waals surface area contributed by atoms with Gasteiger partial charge >= 0.3 is 0 Å². The van der Waals surface area contributed by atoms with Crippen LogP contribution >= 0.6 is 0 Å². The van der Waals surface area contributed by atoms with Gasteiger partial charge in [0.15, 0.2) is 5.78 Å². The smallest absolute Gasteiger partial charge is 0.223 e. The van der Waals surface area contributed by atoms with Gasteiger partial charge in [0.2, 0.25) is 5.91 Å². The van der Waals surface area contributed by atoms with Gasteiger partial charge in [-0.05, 0) is 55.2 Å². The predicted octanol–water partition coefficient (Wildman–Crippen LogP) is 5.98. The lowest BCUT2D eigenvalue weighted by Crippen LogP contribution is -2.40. The first-order chi connectivity index (χ1) is 16.1. The van der Waals surface area contributed by atoms with E-state index in [2.05, 4.69) is 46.6 Å². The second-order valence-corrected chi connectivity index (χ2v) is 10.00. The Labute approximate surface area is 198 Å². The van der Waals surface area contributed by atoms with Gasteiger partial charge < -0.3 is 10.2 Å². The normalized spacial score (nSPS) is 18.6. The zero-order valence-corrected chi connectivity index (χ0v) is 20.0. The van der Waals surface area contributed by atoms with Gasteiger partial charge in [-0.3, -0.25) is 9.59 Å². The van der Waals surface area contributed by atoms with E-state index in [-0.39, 0.29) is 24.0 Å². The second-order valence-electron chi connectivity index (χ2n) is 10.00. The third kappa shape index (κ3) is 6.46. The third-order valence-corrected chi connectivity index (χ3v) is 7.55. The minimum absolute atomic E-state index is 0.00679. The van der Waals surface area contributed by atoms with Crippen molar-refractivity contribution in [3.8, 4) is 0 Å². The van der Waals surface area contributed by atoms with Crippen molar-refractivity contribution in [2.75, 3.05) is 24.5 Å². The van der Waals surface area contributed by atoms with Crippen LogP contribution in [0.5, 0.6) is 0 Å². The van der Waals surface area contributed by atoms with Crippen molar-refractivity contribution < 1.29 is 9.59 Å². The molecule has 0 aromatic heterocycles. The van der Waals surface area contributed by atoms with Gasteiger partial charge in [-0.15, -0.1) is 0 Å². The minimum atomic E-state index is -0.306. The Morgan fingerprint density at radius 3 is 2.24 bits per heavy atom. The highest BCUT2D eigenvalue weighted by Gasteiger charge is 2.23. The molecule has 1 aliphatic carbocycles. The average molecular weight is 447 g/mol. The molecule has 0 spiro atoms. The summed E-state index contributed by atoms with van der Waals surface area (Å²) in [4.78, 5) is 27.8. The monoisotopic (exact) mass is 446 g/mol. The summed E-state index contributed by atoms with van der Waals surface area (Å²) in [6, 6.07) is 18.7. The third-order valence-electron chi connectivity index (χ3n) is 7.55. The van der Waals surface area contributed by atoms with Crippen molar-refractivity contribution in [3.63, 3.8) is 0 Å². The highest BCUT2D eigenvalue weighted by molar-refractivity contribution is 5.98. The summed E-state index contributed by atoms with van der Waals surface area (Å²) in [6.07, 6.45) is 8.91. The number of carbonyl (C=O) groups excluding carboxylic acids is 2. The van der Waals surface area contributed by atoms with E-state index in [1.807, 2.05) is 25.1 Å². The van der Waals surface area contributed by atoms with Crippen LogP contribution in [0.15, 0.2) is 54.6 Å². The molecule has 2 aromatic carbocycles. The highest BCUT2D eigenvalue weighted by atomic mass is 16.2. The molecule has 1 saturated carbocycles. The molecular weight excluding hydrogens is 408 g/mol. The van der Waals surface area contributed by atoms with Gasteiger partial charge in [0, 0.05) is 43.2 Å². The number of ketones is 1. The maximum absolute atomic E-state index is 12.7. The molecule has 2 aliphatic rings. The number of Topliss-reactive ketones (excluding diaryl/α,β-unsaturated/α-hetero) is 1. The molecule has 2 aromatic rings. The molecule has 1 heterocycles. The molecule has 4 heteroatoms. The Morgan fingerprint density at radius 1 is 0.909 bits per heavy atom. The van der Waals surface area contributed by atoms with E-state index in [0.29, 0.717) is 18.4 Å². The number of anilines is 1. The summed E-state index contributed by atoms with van der Waals surface area (Å²) in [5.41, 5.74) is 3.36. The first kappa shape index (κ1) is 23.5. The largest absolute Gasteiger partial charge is 0.372 e. The lowest BCUT2D eigenvalue weighted by molar-refractivity contribution is -0.124. The van der Waals surface area contributed by atoms with Crippen LogP contribution in [0.3, 0.4) is 0 Å². The lowest BCUT2D eigenvalue weighted by atomic mass is 9.83. The van der Waals surface area contributed by atoms with Gasteiger partial charge in [0.05, 0.1) is 0 Å².